The number of aromatic nitrogens is 2. The van der Waals surface area contributed by atoms with Crippen LogP contribution >= 0.6 is 11.3 Å². The van der Waals surface area contributed by atoms with Crippen LogP contribution in [-0.4, -0.2) is 52.0 Å². The number of nitrogens with zero attached hydrogens (tertiary/aromatic N) is 4. The SMILES string of the molecule is CC(C)Cc1ccc(C(=O)N2CCN(Cc3noc(-c4cccs4)n3)CC2)cc1. The second-order valence-corrected chi connectivity index (χ2v) is 8.80. The van der Waals surface area contributed by atoms with E-state index in [9.17, 15) is 4.79 Å². The van der Waals surface area contributed by atoms with Crippen LogP contribution in [-0.2, 0) is 13.0 Å². The van der Waals surface area contributed by atoms with Crippen molar-refractivity contribution in [2.45, 2.75) is 26.8 Å². The molecule has 0 N–H and O–H groups in total. The van der Waals surface area contributed by atoms with Gasteiger partial charge in [-0.1, -0.05) is 37.2 Å². The van der Waals surface area contributed by atoms with Gasteiger partial charge in [-0.3, -0.25) is 9.69 Å². The minimum absolute atomic E-state index is 0.111. The number of thiophene rings is 1. The van der Waals surface area contributed by atoms with Crippen LogP contribution in [0.4, 0.5) is 0 Å². The molecular weight excluding hydrogens is 384 g/mol. The summed E-state index contributed by atoms with van der Waals surface area (Å²) in [5.41, 5.74) is 2.05. The molecule has 4 rings (SSSR count). The Morgan fingerprint density at radius 1 is 1.14 bits per heavy atom. The standard InChI is InChI=1S/C22H26N4O2S/c1-16(2)14-17-5-7-18(8-6-17)22(27)26-11-9-25(10-12-26)15-20-23-21(28-24-20)19-4-3-13-29-19/h3-8,13,16H,9-12,14-15H2,1-2H3. The summed E-state index contributed by atoms with van der Waals surface area (Å²) in [5, 5.41) is 6.09. The van der Waals surface area contributed by atoms with Crippen molar-refractivity contribution in [1.29, 1.82) is 0 Å². The van der Waals surface area contributed by atoms with Gasteiger partial charge in [0.1, 0.15) is 0 Å². The lowest BCUT2D eigenvalue weighted by molar-refractivity contribution is 0.0624. The highest BCUT2D eigenvalue weighted by Crippen LogP contribution is 2.23. The summed E-state index contributed by atoms with van der Waals surface area (Å²) in [6.07, 6.45) is 1.04. The first-order valence-electron chi connectivity index (χ1n) is 10.1. The number of carbonyl (C=O) groups is 1. The van der Waals surface area contributed by atoms with Crippen LogP contribution in [0.2, 0.25) is 0 Å². The molecule has 3 aromatic rings. The molecule has 0 saturated carbocycles. The van der Waals surface area contributed by atoms with Gasteiger partial charge < -0.3 is 9.42 Å². The van der Waals surface area contributed by atoms with Crippen LogP contribution in [0.25, 0.3) is 10.8 Å². The number of hydrogen-bond acceptors (Lipinski definition) is 6. The Balaban J connectivity index is 1.29. The molecule has 1 fully saturated rings. The predicted molar refractivity (Wildman–Crippen MR) is 114 cm³/mol. The zero-order chi connectivity index (χ0) is 20.2. The van der Waals surface area contributed by atoms with E-state index in [2.05, 4.69) is 41.0 Å². The highest BCUT2D eigenvalue weighted by Gasteiger charge is 2.23. The number of carbonyl (C=O) groups excluding carboxylic acids is 1. The third-order valence-electron chi connectivity index (χ3n) is 5.07. The van der Waals surface area contributed by atoms with Gasteiger partial charge in [0.25, 0.3) is 11.8 Å². The number of benzene rings is 1. The Morgan fingerprint density at radius 3 is 2.55 bits per heavy atom. The first-order valence-corrected chi connectivity index (χ1v) is 10.9. The van der Waals surface area contributed by atoms with Gasteiger partial charge in [0.05, 0.1) is 11.4 Å². The Kier molecular flexibility index (Phi) is 6.06. The summed E-state index contributed by atoms with van der Waals surface area (Å²) in [5.74, 6) is 1.99. The monoisotopic (exact) mass is 410 g/mol. The average molecular weight is 411 g/mol. The summed E-state index contributed by atoms with van der Waals surface area (Å²) in [6.45, 7) is 8.08. The van der Waals surface area contributed by atoms with E-state index in [1.165, 1.54) is 5.56 Å². The summed E-state index contributed by atoms with van der Waals surface area (Å²) in [7, 11) is 0. The summed E-state index contributed by atoms with van der Waals surface area (Å²) >= 11 is 1.59. The van der Waals surface area contributed by atoms with E-state index in [4.69, 9.17) is 4.52 Å². The number of amides is 1. The average Bonchev–Trinajstić information content (AvgIpc) is 3.40. The molecule has 7 heteroatoms. The molecule has 0 radical (unpaired) electrons. The Hall–Kier alpha value is -2.51. The van der Waals surface area contributed by atoms with Gasteiger partial charge in [0, 0.05) is 31.7 Å². The lowest BCUT2D eigenvalue weighted by atomic mass is 10.0. The maximum atomic E-state index is 12.8. The minimum atomic E-state index is 0.111. The van der Waals surface area contributed by atoms with Gasteiger partial charge in [0.2, 0.25) is 0 Å². The first-order chi connectivity index (χ1) is 14.1. The Labute approximate surface area is 175 Å². The van der Waals surface area contributed by atoms with E-state index in [0.717, 1.165) is 30.0 Å². The maximum absolute atomic E-state index is 12.8. The van der Waals surface area contributed by atoms with Crippen LogP contribution in [0.5, 0.6) is 0 Å². The van der Waals surface area contributed by atoms with E-state index in [1.54, 1.807) is 11.3 Å². The summed E-state index contributed by atoms with van der Waals surface area (Å²) in [4.78, 5) is 22.5. The third-order valence-corrected chi connectivity index (χ3v) is 5.93. The molecule has 29 heavy (non-hydrogen) atoms. The molecule has 0 bridgehead atoms. The van der Waals surface area contributed by atoms with E-state index >= 15 is 0 Å². The Bertz CT molecular complexity index is 926. The van der Waals surface area contributed by atoms with Gasteiger partial charge >= 0.3 is 0 Å². The van der Waals surface area contributed by atoms with Crippen molar-refractivity contribution in [3.05, 3.63) is 58.7 Å². The fourth-order valence-corrected chi connectivity index (χ4v) is 4.21. The van der Waals surface area contributed by atoms with Crippen molar-refractivity contribution >= 4 is 17.2 Å². The molecule has 152 valence electrons. The topological polar surface area (TPSA) is 62.5 Å². The fourth-order valence-electron chi connectivity index (χ4n) is 3.56. The largest absolute Gasteiger partial charge is 0.336 e. The molecule has 0 atom stereocenters. The van der Waals surface area contributed by atoms with Gasteiger partial charge in [-0.15, -0.1) is 11.3 Å². The second kappa shape index (κ2) is 8.88. The predicted octanol–water partition coefficient (Wildman–Crippen LogP) is 3.95. The Morgan fingerprint density at radius 2 is 1.90 bits per heavy atom. The normalized spacial score (nSPS) is 15.2. The molecule has 1 saturated heterocycles. The lowest BCUT2D eigenvalue weighted by Gasteiger charge is -2.34. The highest BCUT2D eigenvalue weighted by molar-refractivity contribution is 7.13. The summed E-state index contributed by atoms with van der Waals surface area (Å²) in [6, 6.07) is 12.0. The highest BCUT2D eigenvalue weighted by atomic mass is 32.1. The molecule has 6 nitrogen and oxygen atoms in total. The van der Waals surface area contributed by atoms with Gasteiger partial charge in [-0.05, 0) is 41.5 Å². The molecule has 0 unspecified atom stereocenters. The molecule has 0 spiro atoms. The second-order valence-electron chi connectivity index (χ2n) is 7.86. The van der Waals surface area contributed by atoms with Crippen LogP contribution in [0.3, 0.4) is 0 Å². The van der Waals surface area contributed by atoms with Gasteiger partial charge in [0.15, 0.2) is 5.82 Å². The first kappa shape index (κ1) is 19.8. The van der Waals surface area contributed by atoms with Crippen molar-refractivity contribution in [1.82, 2.24) is 19.9 Å². The van der Waals surface area contributed by atoms with Crippen molar-refractivity contribution in [2.24, 2.45) is 5.92 Å². The molecule has 0 aliphatic carbocycles. The quantitative estimate of drug-likeness (QED) is 0.616. The minimum Gasteiger partial charge on any atom is -0.336 e. The molecule has 1 amide bonds. The van der Waals surface area contributed by atoms with Crippen LogP contribution in [0.1, 0.15) is 35.6 Å². The third kappa shape index (κ3) is 4.92. The molecular formula is C22H26N4O2S. The van der Waals surface area contributed by atoms with Crippen LogP contribution in [0.15, 0.2) is 46.3 Å². The van der Waals surface area contributed by atoms with Crippen molar-refractivity contribution in [3.8, 4) is 10.8 Å². The molecule has 1 aromatic carbocycles. The summed E-state index contributed by atoms with van der Waals surface area (Å²) < 4.78 is 5.36. The van der Waals surface area contributed by atoms with Crippen LogP contribution in [0, 0.1) is 5.92 Å². The smallest absolute Gasteiger partial charge is 0.268 e. The zero-order valence-electron chi connectivity index (χ0n) is 16.9. The molecule has 1 aliphatic heterocycles. The molecule has 1 aliphatic rings. The fraction of sp³-hybridized carbons (Fsp3) is 0.409. The lowest BCUT2D eigenvalue weighted by Crippen LogP contribution is -2.48. The number of hydrogen-bond donors (Lipinski definition) is 0. The molecule has 3 heterocycles. The van der Waals surface area contributed by atoms with Crippen molar-refractivity contribution in [3.63, 3.8) is 0 Å². The number of piperazine rings is 1. The van der Waals surface area contributed by atoms with Crippen molar-refractivity contribution < 1.29 is 9.32 Å². The van der Waals surface area contributed by atoms with E-state index in [0.29, 0.717) is 37.3 Å². The van der Waals surface area contributed by atoms with Gasteiger partial charge in [-0.2, -0.15) is 4.98 Å². The number of rotatable bonds is 6. The van der Waals surface area contributed by atoms with Crippen LogP contribution < -0.4 is 0 Å². The van der Waals surface area contributed by atoms with Gasteiger partial charge in [-0.25, -0.2) is 0 Å². The maximum Gasteiger partial charge on any atom is 0.268 e. The molecule has 2 aromatic heterocycles. The zero-order valence-corrected chi connectivity index (χ0v) is 17.7. The van der Waals surface area contributed by atoms with E-state index in [1.807, 2.05) is 34.5 Å². The van der Waals surface area contributed by atoms with E-state index in [-0.39, 0.29) is 5.91 Å². The van der Waals surface area contributed by atoms with E-state index < -0.39 is 0 Å². The van der Waals surface area contributed by atoms with Crippen molar-refractivity contribution in [2.75, 3.05) is 26.2 Å².